The van der Waals surface area contributed by atoms with Gasteiger partial charge in [0, 0.05) is 31.5 Å². The molecule has 1 aromatic carbocycles. The molecule has 1 spiro atoms. The second kappa shape index (κ2) is 7.32. The lowest BCUT2D eigenvalue weighted by molar-refractivity contribution is -0.135. The van der Waals surface area contributed by atoms with Crippen LogP contribution < -0.4 is 9.47 Å². The molecule has 0 aliphatic carbocycles. The predicted molar refractivity (Wildman–Crippen MR) is 109 cm³/mol. The number of nitrogens with zero attached hydrogens (tertiary/aromatic N) is 2. The number of aryl methyl sites for hydroxylation is 1. The summed E-state index contributed by atoms with van der Waals surface area (Å²) in [4.78, 5) is 18.8. The third-order valence-electron chi connectivity index (χ3n) is 5.75. The van der Waals surface area contributed by atoms with Crippen LogP contribution in [0.5, 0.6) is 11.5 Å². The summed E-state index contributed by atoms with van der Waals surface area (Å²) in [7, 11) is 0. The lowest BCUT2D eigenvalue weighted by Gasteiger charge is -2.47. The fourth-order valence-electron chi connectivity index (χ4n) is 4.34. The average molecular weight is 397 g/mol. The molecule has 5 nitrogen and oxygen atoms in total. The number of rotatable bonds is 4. The largest absolute Gasteiger partial charge is 0.493 e. The van der Waals surface area contributed by atoms with E-state index < -0.39 is 0 Å². The molecule has 2 aromatic rings. The van der Waals surface area contributed by atoms with Crippen LogP contribution in [0, 0.1) is 0 Å². The highest BCUT2D eigenvalue weighted by atomic mass is 32.2. The summed E-state index contributed by atoms with van der Waals surface area (Å²) in [6, 6.07) is 10.0. The number of carbonyl (C=O) groups excluding carboxylic acids is 1. The van der Waals surface area contributed by atoms with E-state index in [1.54, 1.807) is 12.4 Å². The van der Waals surface area contributed by atoms with E-state index in [9.17, 15) is 4.79 Å². The summed E-state index contributed by atoms with van der Waals surface area (Å²) >= 11 is 1.95. The Hall–Kier alpha value is -2.21. The smallest absolute Gasteiger partial charge is 0.227 e. The fraction of sp³-hybridized carbons (Fsp3) is 0.455. The standard InChI is InChI=1S/C22H24N2O3S/c25-21(10-16-5-6-20-17(9-16)3-2-8-26-20)24-14-22(15-24)11-19(13-28-22)27-18-4-1-7-23-12-18/h1,4-7,9,12,19H,2-3,8,10-11,13-15H2/t19-/m1/s1. The minimum absolute atomic E-state index is 0.173. The Morgan fingerprint density at radius 3 is 3.14 bits per heavy atom. The molecule has 0 saturated carbocycles. The van der Waals surface area contributed by atoms with E-state index in [0.29, 0.717) is 6.42 Å². The van der Waals surface area contributed by atoms with Gasteiger partial charge in [0.2, 0.25) is 5.91 Å². The zero-order valence-corrected chi connectivity index (χ0v) is 16.6. The number of pyridine rings is 1. The molecule has 1 atom stereocenters. The van der Waals surface area contributed by atoms with E-state index in [2.05, 4.69) is 11.1 Å². The number of aromatic nitrogens is 1. The van der Waals surface area contributed by atoms with Crippen LogP contribution in [0.2, 0.25) is 0 Å². The molecular formula is C22H24N2O3S. The number of hydrogen-bond acceptors (Lipinski definition) is 5. The van der Waals surface area contributed by atoms with Crippen LogP contribution in [-0.2, 0) is 17.6 Å². The van der Waals surface area contributed by atoms with E-state index in [-0.39, 0.29) is 16.8 Å². The maximum Gasteiger partial charge on any atom is 0.227 e. The van der Waals surface area contributed by atoms with Crippen molar-refractivity contribution in [3.63, 3.8) is 0 Å². The lowest BCUT2D eigenvalue weighted by atomic mass is 9.92. The Kier molecular flexibility index (Phi) is 4.67. The number of hydrogen-bond donors (Lipinski definition) is 0. The molecule has 28 heavy (non-hydrogen) atoms. The van der Waals surface area contributed by atoms with Gasteiger partial charge >= 0.3 is 0 Å². The average Bonchev–Trinajstić information content (AvgIpc) is 3.12. The van der Waals surface area contributed by atoms with Gasteiger partial charge in [0.1, 0.15) is 17.6 Å². The van der Waals surface area contributed by atoms with Gasteiger partial charge in [-0.1, -0.05) is 12.1 Å². The minimum atomic E-state index is 0.173. The maximum atomic E-state index is 12.7. The Morgan fingerprint density at radius 1 is 1.36 bits per heavy atom. The van der Waals surface area contributed by atoms with Crippen molar-refractivity contribution in [1.82, 2.24) is 9.88 Å². The van der Waals surface area contributed by atoms with E-state index in [0.717, 1.165) is 61.8 Å². The molecule has 3 aliphatic rings. The Balaban J connectivity index is 1.14. The van der Waals surface area contributed by atoms with Gasteiger partial charge in [-0.15, -0.1) is 11.8 Å². The highest BCUT2D eigenvalue weighted by Crippen LogP contribution is 2.46. The predicted octanol–water partition coefficient (Wildman–Crippen LogP) is 3.11. The highest BCUT2D eigenvalue weighted by molar-refractivity contribution is 8.01. The summed E-state index contributed by atoms with van der Waals surface area (Å²) in [6.07, 6.45) is 7.28. The Labute approximate surface area is 169 Å². The first-order valence-electron chi connectivity index (χ1n) is 9.92. The van der Waals surface area contributed by atoms with Crippen molar-refractivity contribution in [2.75, 3.05) is 25.4 Å². The quantitative estimate of drug-likeness (QED) is 0.795. The molecule has 1 aromatic heterocycles. The van der Waals surface area contributed by atoms with E-state index in [1.165, 1.54) is 5.56 Å². The van der Waals surface area contributed by atoms with Gasteiger partial charge in [-0.25, -0.2) is 0 Å². The zero-order chi connectivity index (χ0) is 19.0. The topological polar surface area (TPSA) is 51.7 Å². The highest BCUT2D eigenvalue weighted by Gasteiger charge is 2.51. The SMILES string of the molecule is O=C(Cc1ccc2c(c1)CCCO2)N1CC2(C[C@@H](Oc3cccnc3)CS2)C1. The Morgan fingerprint density at radius 2 is 2.29 bits per heavy atom. The number of likely N-dealkylation sites (tertiary alicyclic amines) is 1. The van der Waals surface area contributed by atoms with E-state index in [1.807, 2.05) is 40.9 Å². The summed E-state index contributed by atoms with van der Waals surface area (Å²) in [5.74, 6) is 3.00. The van der Waals surface area contributed by atoms with E-state index in [4.69, 9.17) is 9.47 Å². The zero-order valence-electron chi connectivity index (χ0n) is 15.8. The first-order valence-corrected chi connectivity index (χ1v) is 10.9. The molecule has 2 saturated heterocycles. The van der Waals surface area contributed by atoms with Crippen molar-refractivity contribution < 1.29 is 14.3 Å². The van der Waals surface area contributed by atoms with Crippen LogP contribution in [0.25, 0.3) is 0 Å². The van der Waals surface area contributed by atoms with Crippen LogP contribution in [0.3, 0.4) is 0 Å². The summed E-state index contributed by atoms with van der Waals surface area (Å²) in [5, 5.41) is 0. The molecule has 0 radical (unpaired) electrons. The second-order valence-electron chi connectivity index (χ2n) is 7.95. The van der Waals surface area contributed by atoms with Crippen LogP contribution >= 0.6 is 11.8 Å². The molecular weight excluding hydrogens is 372 g/mol. The van der Waals surface area contributed by atoms with Crippen molar-refractivity contribution in [3.8, 4) is 11.5 Å². The number of fused-ring (bicyclic) bond motifs is 1. The third kappa shape index (κ3) is 3.58. The number of amides is 1. The molecule has 0 N–H and O–H groups in total. The normalized spacial score (nSPS) is 22.3. The number of carbonyl (C=O) groups is 1. The van der Waals surface area contributed by atoms with Crippen LogP contribution in [0.4, 0.5) is 0 Å². The molecule has 6 heteroatoms. The lowest BCUT2D eigenvalue weighted by Crippen LogP contribution is -2.61. The fourth-order valence-corrected chi connectivity index (χ4v) is 5.87. The molecule has 0 bridgehead atoms. The first-order chi connectivity index (χ1) is 13.7. The second-order valence-corrected chi connectivity index (χ2v) is 9.44. The monoisotopic (exact) mass is 396 g/mol. The van der Waals surface area contributed by atoms with Gasteiger partial charge in [0.15, 0.2) is 0 Å². The van der Waals surface area contributed by atoms with Crippen LogP contribution in [0.1, 0.15) is 24.0 Å². The van der Waals surface area contributed by atoms with Crippen LogP contribution in [-0.4, -0.2) is 52.1 Å². The van der Waals surface area contributed by atoms with Crippen molar-refractivity contribution in [1.29, 1.82) is 0 Å². The van der Waals surface area contributed by atoms with Crippen molar-refractivity contribution >= 4 is 17.7 Å². The van der Waals surface area contributed by atoms with Crippen molar-refractivity contribution in [2.45, 2.75) is 36.5 Å². The maximum absolute atomic E-state index is 12.7. The Bertz CT molecular complexity index is 867. The molecule has 146 valence electrons. The van der Waals surface area contributed by atoms with Gasteiger partial charge in [0.05, 0.1) is 24.0 Å². The van der Waals surface area contributed by atoms with Gasteiger partial charge in [-0.05, 0) is 42.2 Å². The number of ether oxygens (including phenoxy) is 2. The van der Waals surface area contributed by atoms with Gasteiger partial charge in [-0.3, -0.25) is 9.78 Å². The minimum Gasteiger partial charge on any atom is -0.493 e. The molecule has 3 aliphatic heterocycles. The van der Waals surface area contributed by atoms with Crippen molar-refractivity contribution in [3.05, 3.63) is 53.9 Å². The summed E-state index contributed by atoms with van der Waals surface area (Å²) in [6.45, 7) is 2.46. The molecule has 2 fully saturated rings. The molecule has 4 heterocycles. The first kappa shape index (κ1) is 17.9. The van der Waals surface area contributed by atoms with E-state index >= 15 is 0 Å². The van der Waals surface area contributed by atoms with Gasteiger partial charge in [-0.2, -0.15) is 0 Å². The van der Waals surface area contributed by atoms with Crippen molar-refractivity contribution in [2.24, 2.45) is 0 Å². The number of benzene rings is 1. The third-order valence-corrected chi connectivity index (χ3v) is 7.33. The number of thioether (sulfide) groups is 1. The molecule has 5 rings (SSSR count). The van der Waals surface area contributed by atoms with Crippen LogP contribution in [0.15, 0.2) is 42.7 Å². The van der Waals surface area contributed by atoms with Gasteiger partial charge in [0.25, 0.3) is 0 Å². The summed E-state index contributed by atoms with van der Waals surface area (Å²) in [5.41, 5.74) is 2.32. The molecule has 0 unspecified atom stereocenters. The summed E-state index contributed by atoms with van der Waals surface area (Å²) < 4.78 is 11.9. The molecule has 1 amide bonds. The van der Waals surface area contributed by atoms with Gasteiger partial charge < -0.3 is 14.4 Å².